The van der Waals surface area contributed by atoms with E-state index < -0.39 is 5.92 Å². The van der Waals surface area contributed by atoms with Gasteiger partial charge in [0.15, 0.2) is 0 Å². The maximum absolute atomic E-state index is 12.5. The average Bonchev–Trinajstić information content (AvgIpc) is 3.00. The van der Waals surface area contributed by atoms with Crippen molar-refractivity contribution in [1.82, 2.24) is 15.4 Å². The minimum Gasteiger partial charge on any atom is -0.495 e. The summed E-state index contributed by atoms with van der Waals surface area (Å²) in [6, 6.07) is 6.86. The van der Waals surface area contributed by atoms with Crippen LogP contribution in [-0.4, -0.2) is 35.4 Å². The summed E-state index contributed by atoms with van der Waals surface area (Å²) in [5, 5.41) is 0.486. The number of nitrogens with zero attached hydrogens (tertiary/aromatic N) is 3. The number of ether oxygens (including phenoxy) is 1. The number of hydrogen-bond donors (Lipinski definition) is 2. The number of rotatable bonds is 5. The largest absolute Gasteiger partial charge is 0.495 e. The van der Waals surface area contributed by atoms with Gasteiger partial charge < -0.3 is 9.64 Å². The number of aryl methyl sites for hydroxylation is 2. The Bertz CT molecular complexity index is 869. The second-order valence-electron chi connectivity index (χ2n) is 6.31. The summed E-state index contributed by atoms with van der Waals surface area (Å²) in [6.45, 7) is 3.91. The fourth-order valence-corrected chi connectivity index (χ4v) is 3.16. The van der Waals surface area contributed by atoms with E-state index in [1.165, 1.54) is 12.0 Å². The monoisotopic (exact) mass is 389 g/mol. The Kier molecular flexibility index (Phi) is 5.46. The van der Waals surface area contributed by atoms with E-state index in [1.807, 2.05) is 19.9 Å². The third-order valence-corrected chi connectivity index (χ3v) is 4.44. The molecule has 8 nitrogen and oxygen atoms in total. The summed E-state index contributed by atoms with van der Waals surface area (Å²) in [5.74, 6) is -0.165. The smallest absolute Gasteiger partial charge is 0.243 e. The number of hydrogen-bond acceptors (Lipinski definition) is 6. The number of hydrazine groups is 1. The van der Waals surface area contributed by atoms with E-state index in [9.17, 15) is 9.59 Å². The van der Waals surface area contributed by atoms with Gasteiger partial charge >= 0.3 is 0 Å². The molecule has 2 heterocycles. The maximum atomic E-state index is 12.5. The molecule has 1 aliphatic heterocycles. The predicted molar refractivity (Wildman–Crippen MR) is 102 cm³/mol. The van der Waals surface area contributed by atoms with Gasteiger partial charge in [-0.15, -0.1) is 0 Å². The Hall–Kier alpha value is -2.87. The standard InChI is InChI=1S/C18H20ClN5O3/c1-10-6-11(2)21-18(20-10)23-22-17(26)12-7-16(25)24(9-12)14-8-13(19)4-5-15(14)27-3/h4-6,8,12H,7,9H2,1-3H3,(H,22,26)(H,20,21,23). The number of methoxy groups -OCH3 is 1. The average molecular weight is 390 g/mol. The summed E-state index contributed by atoms with van der Waals surface area (Å²) in [5.41, 5.74) is 7.41. The number of benzene rings is 1. The molecule has 1 atom stereocenters. The Morgan fingerprint density at radius 1 is 1.26 bits per heavy atom. The van der Waals surface area contributed by atoms with E-state index in [0.717, 1.165) is 11.4 Å². The maximum Gasteiger partial charge on any atom is 0.243 e. The lowest BCUT2D eigenvalue weighted by Crippen LogP contribution is -2.37. The zero-order valence-corrected chi connectivity index (χ0v) is 16.0. The van der Waals surface area contributed by atoms with Crippen molar-refractivity contribution in [3.63, 3.8) is 0 Å². The Morgan fingerprint density at radius 2 is 1.96 bits per heavy atom. The molecule has 1 aromatic heterocycles. The van der Waals surface area contributed by atoms with Crippen molar-refractivity contribution in [2.24, 2.45) is 5.92 Å². The molecular formula is C18H20ClN5O3. The van der Waals surface area contributed by atoms with Gasteiger partial charge in [0, 0.05) is 29.4 Å². The van der Waals surface area contributed by atoms with Crippen LogP contribution in [0.1, 0.15) is 17.8 Å². The van der Waals surface area contributed by atoms with Gasteiger partial charge in [0.05, 0.1) is 18.7 Å². The molecule has 1 saturated heterocycles. The van der Waals surface area contributed by atoms with Gasteiger partial charge in [-0.3, -0.25) is 20.4 Å². The Morgan fingerprint density at radius 3 is 2.63 bits per heavy atom. The molecule has 27 heavy (non-hydrogen) atoms. The molecule has 0 saturated carbocycles. The van der Waals surface area contributed by atoms with E-state index in [1.54, 1.807) is 18.2 Å². The van der Waals surface area contributed by atoms with Crippen LogP contribution in [0.15, 0.2) is 24.3 Å². The summed E-state index contributed by atoms with van der Waals surface area (Å²) in [6.07, 6.45) is 0.0941. The molecule has 1 unspecified atom stereocenters. The van der Waals surface area contributed by atoms with Crippen LogP contribution in [0.2, 0.25) is 5.02 Å². The molecule has 2 N–H and O–H groups in total. The minimum atomic E-state index is -0.514. The van der Waals surface area contributed by atoms with Gasteiger partial charge in [-0.1, -0.05) is 11.6 Å². The second-order valence-corrected chi connectivity index (χ2v) is 6.75. The lowest BCUT2D eigenvalue weighted by Gasteiger charge is -2.20. The SMILES string of the molecule is COc1ccc(Cl)cc1N1CC(C(=O)NNc2nc(C)cc(C)n2)CC1=O. The van der Waals surface area contributed by atoms with Gasteiger partial charge in [-0.2, -0.15) is 0 Å². The molecule has 0 spiro atoms. The van der Waals surface area contributed by atoms with Crippen molar-refractivity contribution in [2.45, 2.75) is 20.3 Å². The molecule has 0 radical (unpaired) electrons. The summed E-state index contributed by atoms with van der Waals surface area (Å²) >= 11 is 6.05. The quantitative estimate of drug-likeness (QED) is 0.761. The molecule has 3 rings (SSSR count). The van der Waals surface area contributed by atoms with Crippen molar-refractivity contribution in [3.8, 4) is 5.75 Å². The summed E-state index contributed by atoms with van der Waals surface area (Å²) < 4.78 is 5.30. The number of carbonyl (C=O) groups excluding carboxylic acids is 2. The molecule has 0 aliphatic carbocycles. The predicted octanol–water partition coefficient (Wildman–Crippen LogP) is 2.25. The van der Waals surface area contributed by atoms with Crippen molar-refractivity contribution >= 4 is 35.1 Å². The van der Waals surface area contributed by atoms with E-state index in [2.05, 4.69) is 20.8 Å². The highest BCUT2D eigenvalue weighted by Gasteiger charge is 2.36. The highest BCUT2D eigenvalue weighted by atomic mass is 35.5. The van der Waals surface area contributed by atoms with Gasteiger partial charge in [0.2, 0.25) is 17.8 Å². The van der Waals surface area contributed by atoms with Crippen molar-refractivity contribution in [3.05, 3.63) is 40.7 Å². The summed E-state index contributed by atoms with van der Waals surface area (Å²) in [4.78, 5) is 34.8. The molecule has 142 valence electrons. The van der Waals surface area contributed by atoms with Crippen molar-refractivity contribution in [1.29, 1.82) is 0 Å². The van der Waals surface area contributed by atoms with Crippen LogP contribution in [0.3, 0.4) is 0 Å². The minimum absolute atomic E-state index is 0.0941. The van der Waals surface area contributed by atoms with E-state index in [0.29, 0.717) is 22.4 Å². The zero-order chi connectivity index (χ0) is 19.6. The number of anilines is 2. The number of carbonyl (C=O) groups is 2. The Balaban J connectivity index is 1.68. The third kappa shape index (κ3) is 4.28. The molecule has 1 fully saturated rings. The van der Waals surface area contributed by atoms with Crippen molar-refractivity contribution < 1.29 is 14.3 Å². The number of nitrogens with one attached hydrogen (secondary N) is 2. The lowest BCUT2D eigenvalue weighted by atomic mass is 10.1. The zero-order valence-electron chi connectivity index (χ0n) is 15.2. The topological polar surface area (TPSA) is 96.5 Å². The highest BCUT2D eigenvalue weighted by Crippen LogP contribution is 2.35. The van der Waals surface area contributed by atoms with Crippen LogP contribution in [-0.2, 0) is 9.59 Å². The molecular weight excluding hydrogens is 370 g/mol. The molecule has 0 bridgehead atoms. The van der Waals surface area contributed by atoms with E-state index >= 15 is 0 Å². The van der Waals surface area contributed by atoms with Gasteiger partial charge in [-0.25, -0.2) is 9.97 Å². The van der Waals surface area contributed by atoms with Crippen LogP contribution in [0.5, 0.6) is 5.75 Å². The fourth-order valence-electron chi connectivity index (χ4n) is 2.99. The van der Waals surface area contributed by atoms with Crippen LogP contribution in [0, 0.1) is 19.8 Å². The van der Waals surface area contributed by atoms with Crippen LogP contribution in [0.25, 0.3) is 0 Å². The lowest BCUT2D eigenvalue weighted by molar-refractivity contribution is -0.125. The Labute approximate surface area is 161 Å². The van der Waals surface area contributed by atoms with Gasteiger partial charge in [0.1, 0.15) is 5.75 Å². The normalized spacial score (nSPS) is 16.4. The number of aromatic nitrogens is 2. The first-order chi connectivity index (χ1) is 12.9. The van der Waals surface area contributed by atoms with Crippen molar-refractivity contribution in [2.75, 3.05) is 24.0 Å². The van der Waals surface area contributed by atoms with Crippen LogP contribution < -0.4 is 20.5 Å². The van der Waals surface area contributed by atoms with E-state index in [4.69, 9.17) is 16.3 Å². The first kappa shape index (κ1) is 18.9. The third-order valence-electron chi connectivity index (χ3n) is 4.21. The van der Waals surface area contributed by atoms with E-state index in [-0.39, 0.29) is 24.8 Å². The molecule has 1 aliphatic rings. The number of amides is 2. The molecule has 2 amide bonds. The van der Waals surface area contributed by atoms with Gasteiger partial charge in [0.25, 0.3) is 0 Å². The first-order valence-corrected chi connectivity index (χ1v) is 8.77. The number of halogens is 1. The fraction of sp³-hybridized carbons (Fsp3) is 0.333. The molecule has 9 heteroatoms. The second kappa shape index (κ2) is 7.79. The molecule has 2 aromatic rings. The molecule has 1 aromatic carbocycles. The highest BCUT2D eigenvalue weighted by molar-refractivity contribution is 6.31. The van der Waals surface area contributed by atoms with Crippen LogP contribution >= 0.6 is 11.6 Å². The first-order valence-electron chi connectivity index (χ1n) is 8.39. The van der Waals surface area contributed by atoms with Gasteiger partial charge in [-0.05, 0) is 38.1 Å². The van der Waals surface area contributed by atoms with Crippen LogP contribution in [0.4, 0.5) is 11.6 Å². The summed E-state index contributed by atoms with van der Waals surface area (Å²) in [7, 11) is 1.52.